The van der Waals surface area contributed by atoms with Crippen molar-refractivity contribution < 1.29 is 0 Å². The molecule has 2 rings (SSSR count). The van der Waals surface area contributed by atoms with Gasteiger partial charge in [-0.15, -0.1) is 0 Å². The number of nitrogens with zero attached hydrogens (tertiary/aromatic N) is 2. The fraction of sp³-hybridized carbons (Fsp3) is 0.357. The number of hydrazine groups is 1. The van der Waals surface area contributed by atoms with E-state index in [9.17, 15) is 0 Å². The second-order valence-corrected chi connectivity index (χ2v) is 4.67. The number of rotatable bonds is 4. The number of nitrogens with two attached hydrogens (primary N) is 1. The van der Waals surface area contributed by atoms with Gasteiger partial charge in [0.1, 0.15) is 0 Å². The summed E-state index contributed by atoms with van der Waals surface area (Å²) in [5.41, 5.74) is 7.94. The third-order valence-electron chi connectivity index (χ3n) is 3.47. The van der Waals surface area contributed by atoms with Gasteiger partial charge in [0.25, 0.3) is 0 Å². The van der Waals surface area contributed by atoms with Crippen molar-refractivity contribution in [2.75, 3.05) is 0 Å². The monoisotopic (exact) mass is 244 g/mol. The standard InChI is InChI=1S/C14H20N4/c1-10-5-4-6-11(2)12(10)9-13(17-15)14-7-8-16-18(14)3/h4-8,13,17H,9,15H2,1-3H3. The maximum Gasteiger partial charge on any atom is 0.0669 e. The Morgan fingerprint density at radius 2 is 1.94 bits per heavy atom. The van der Waals surface area contributed by atoms with Crippen molar-refractivity contribution in [2.45, 2.75) is 26.3 Å². The highest BCUT2D eigenvalue weighted by Crippen LogP contribution is 2.22. The molecule has 0 saturated heterocycles. The predicted molar refractivity (Wildman–Crippen MR) is 72.9 cm³/mol. The van der Waals surface area contributed by atoms with Crippen molar-refractivity contribution in [3.63, 3.8) is 0 Å². The van der Waals surface area contributed by atoms with Crippen LogP contribution in [0.5, 0.6) is 0 Å². The molecule has 0 amide bonds. The number of benzene rings is 1. The zero-order chi connectivity index (χ0) is 13.1. The fourth-order valence-corrected chi connectivity index (χ4v) is 2.35. The molecule has 4 nitrogen and oxygen atoms in total. The third-order valence-corrected chi connectivity index (χ3v) is 3.47. The SMILES string of the molecule is Cc1cccc(C)c1CC(NN)c1ccnn1C. The number of aromatic nitrogens is 2. The molecular formula is C14H20N4. The Labute approximate surface area is 108 Å². The normalized spacial score (nSPS) is 12.7. The summed E-state index contributed by atoms with van der Waals surface area (Å²) in [6.07, 6.45) is 2.67. The van der Waals surface area contributed by atoms with E-state index in [0.717, 1.165) is 12.1 Å². The largest absolute Gasteiger partial charge is 0.271 e. The van der Waals surface area contributed by atoms with Crippen LogP contribution in [0.25, 0.3) is 0 Å². The molecule has 0 aliphatic heterocycles. The Morgan fingerprint density at radius 3 is 2.44 bits per heavy atom. The minimum Gasteiger partial charge on any atom is -0.271 e. The van der Waals surface area contributed by atoms with Gasteiger partial charge < -0.3 is 0 Å². The van der Waals surface area contributed by atoms with Gasteiger partial charge in [-0.25, -0.2) is 0 Å². The lowest BCUT2D eigenvalue weighted by Gasteiger charge is -2.19. The maximum absolute atomic E-state index is 5.69. The summed E-state index contributed by atoms with van der Waals surface area (Å²) in [5, 5.41) is 4.19. The van der Waals surface area contributed by atoms with Crippen LogP contribution in [0.15, 0.2) is 30.5 Å². The lowest BCUT2D eigenvalue weighted by atomic mass is 9.95. The van der Waals surface area contributed by atoms with Crippen LogP contribution in [0.2, 0.25) is 0 Å². The van der Waals surface area contributed by atoms with Crippen molar-refractivity contribution >= 4 is 0 Å². The Bertz CT molecular complexity index is 510. The van der Waals surface area contributed by atoms with E-state index >= 15 is 0 Å². The third kappa shape index (κ3) is 2.44. The summed E-state index contributed by atoms with van der Waals surface area (Å²) in [4.78, 5) is 0. The van der Waals surface area contributed by atoms with Crippen LogP contribution in [-0.2, 0) is 13.5 Å². The number of nitrogens with one attached hydrogen (secondary N) is 1. The molecule has 0 spiro atoms. The van der Waals surface area contributed by atoms with Crippen LogP contribution in [0, 0.1) is 13.8 Å². The molecule has 1 aromatic heterocycles. The van der Waals surface area contributed by atoms with E-state index in [1.165, 1.54) is 16.7 Å². The molecule has 18 heavy (non-hydrogen) atoms. The average molecular weight is 244 g/mol. The van der Waals surface area contributed by atoms with E-state index in [1.807, 2.05) is 17.8 Å². The molecule has 96 valence electrons. The minimum atomic E-state index is 0.0808. The Hall–Kier alpha value is -1.65. The average Bonchev–Trinajstić information content (AvgIpc) is 2.76. The van der Waals surface area contributed by atoms with Gasteiger partial charge in [-0.3, -0.25) is 16.0 Å². The van der Waals surface area contributed by atoms with Crippen LogP contribution in [0.1, 0.15) is 28.4 Å². The van der Waals surface area contributed by atoms with Crippen molar-refractivity contribution in [3.8, 4) is 0 Å². The lowest BCUT2D eigenvalue weighted by Crippen LogP contribution is -2.31. The molecule has 1 heterocycles. The van der Waals surface area contributed by atoms with Crippen LogP contribution in [0.3, 0.4) is 0 Å². The summed E-state index contributed by atoms with van der Waals surface area (Å²) in [7, 11) is 1.93. The second-order valence-electron chi connectivity index (χ2n) is 4.67. The Balaban J connectivity index is 2.29. The van der Waals surface area contributed by atoms with Gasteiger partial charge in [0.05, 0.1) is 11.7 Å². The minimum absolute atomic E-state index is 0.0808. The molecule has 1 aromatic carbocycles. The first kappa shape index (κ1) is 12.8. The number of hydrogen-bond donors (Lipinski definition) is 2. The van der Waals surface area contributed by atoms with Gasteiger partial charge in [0, 0.05) is 13.2 Å². The zero-order valence-corrected chi connectivity index (χ0v) is 11.1. The molecule has 0 aliphatic rings. The van der Waals surface area contributed by atoms with Gasteiger partial charge in [-0.05, 0) is 43.0 Å². The first-order valence-corrected chi connectivity index (χ1v) is 6.12. The molecule has 0 radical (unpaired) electrons. The van der Waals surface area contributed by atoms with Crippen molar-refractivity contribution in [1.29, 1.82) is 0 Å². The van der Waals surface area contributed by atoms with Crippen molar-refractivity contribution in [1.82, 2.24) is 15.2 Å². The highest BCUT2D eigenvalue weighted by molar-refractivity contribution is 5.34. The van der Waals surface area contributed by atoms with Crippen molar-refractivity contribution in [2.24, 2.45) is 12.9 Å². The quantitative estimate of drug-likeness (QED) is 0.637. The Morgan fingerprint density at radius 1 is 1.28 bits per heavy atom. The summed E-state index contributed by atoms with van der Waals surface area (Å²) in [6.45, 7) is 4.28. The molecule has 2 aromatic rings. The highest BCUT2D eigenvalue weighted by Gasteiger charge is 2.16. The first-order chi connectivity index (χ1) is 8.63. The van der Waals surface area contributed by atoms with E-state index in [2.05, 4.69) is 42.6 Å². The van der Waals surface area contributed by atoms with Gasteiger partial charge in [-0.1, -0.05) is 18.2 Å². The van der Waals surface area contributed by atoms with Crippen LogP contribution < -0.4 is 11.3 Å². The molecule has 0 bridgehead atoms. The zero-order valence-electron chi connectivity index (χ0n) is 11.1. The van der Waals surface area contributed by atoms with E-state index in [1.54, 1.807) is 6.20 Å². The first-order valence-electron chi connectivity index (χ1n) is 6.12. The van der Waals surface area contributed by atoms with Crippen LogP contribution >= 0.6 is 0 Å². The smallest absolute Gasteiger partial charge is 0.0669 e. The predicted octanol–water partition coefficient (Wildman–Crippen LogP) is 1.78. The molecule has 0 fully saturated rings. The maximum atomic E-state index is 5.69. The molecule has 1 unspecified atom stereocenters. The van der Waals surface area contributed by atoms with Gasteiger partial charge in [0.2, 0.25) is 0 Å². The number of aryl methyl sites for hydroxylation is 3. The van der Waals surface area contributed by atoms with Crippen LogP contribution in [-0.4, -0.2) is 9.78 Å². The van der Waals surface area contributed by atoms with Gasteiger partial charge in [0.15, 0.2) is 0 Å². The summed E-state index contributed by atoms with van der Waals surface area (Å²) in [5.74, 6) is 5.69. The summed E-state index contributed by atoms with van der Waals surface area (Å²) < 4.78 is 1.86. The van der Waals surface area contributed by atoms with E-state index in [-0.39, 0.29) is 6.04 Å². The molecule has 0 saturated carbocycles. The van der Waals surface area contributed by atoms with Gasteiger partial charge >= 0.3 is 0 Å². The molecule has 0 aliphatic carbocycles. The molecule has 4 heteroatoms. The molecule has 1 atom stereocenters. The topological polar surface area (TPSA) is 55.9 Å². The lowest BCUT2D eigenvalue weighted by molar-refractivity contribution is 0.507. The summed E-state index contributed by atoms with van der Waals surface area (Å²) in [6, 6.07) is 8.44. The van der Waals surface area contributed by atoms with E-state index in [4.69, 9.17) is 5.84 Å². The Kier molecular flexibility index (Phi) is 3.79. The molecular weight excluding hydrogens is 224 g/mol. The van der Waals surface area contributed by atoms with Gasteiger partial charge in [-0.2, -0.15) is 5.10 Å². The summed E-state index contributed by atoms with van der Waals surface area (Å²) >= 11 is 0. The molecule has 3 N–H and O–H groups in total. The number of hydrogen-bond acceptors (Lipinski definition) is 3. The van der Waals surface area contributed by atoms with Crippen LogP contribution in [0.4, 0.5) is 0 Å². The second kappa shape index (κ2) is 5.33. The van der Waals surface area contributed by atoms with E-state index < -0.39 is 0 Å². The highest BCUT2D eigenvalue weighted by atomic mass is 15.3. The fourth-order valence-electron chi connectivity index (χ4n) is 2.35. The van der Waals surface area contributed by atoms with E-state index in [0.29, 0.717) is 0 Å². The van der Waals surface area contributed by atoms with Crippen molar-refractivity contribution in [3.05, 3.63) is 52.8 Å².